The molecule has 0 aliphatic rings. The second-order valence-corrected chi connectivity index (χ2v) is 7.36. The Morgan fingerprint density at radius 3 is 2.26 bits per heavy atom. The lowest BCUT2D eigenvalue weighted by molar-refractivity contribution is -0.132. The summed E-state index contributed by atoms with van der Waals surface area (Å²) in [5, 5.41) is 12.1. The molecule has 2 amide bonds. The van der Waals surface area contributed by atoms with Crippen LogP contribution in [0, 0.1) is 6.92 Å². The molecule has 5 heteroatoms. The van der Waals surface area contributed by atoms with E-state index in [1.807, 2.05) is 86.6 Å². The van der Waals surface area contributed by atoms with E-state index in [1.165, 1.54) is 0 Å². The summed E-state index contributed by atoms with van der Waals surface area (Å²) in [6.07, 6.45) is 2.15. The maximum Gasteiger partial charge on any atom is 0.331 e. The summed E-state index contributed by atoms with van der Waals surface area (Å²) < 4.78 is 0. The maximum absolute atomic E-state index is 12.6. The van der Waals surface area contributed by atoms with Gasteiger partial charge in [-0.3, -0.25) is 4.90 Å². The van der Waals surface area contributed by atoms with Crippen molar-refractivity contribution < 1.29 is 14.7 Å². The first-order chi connectivity index (χ1) is 14.9. The third-order valence-electron chi connectivity index (χ3n) is 5.08. The van der Waals surface area contributed by atoms with Crippen LogP contribution in [-0.4, -0.2) is 24.2 Å². The molecule has 0 aliphatic heterocycles. The minimum Gasteiger partial charge on any atom is -0.478 e. The highest BCUT2D eigenvalue weighted by atomic mass is 16.4. The average molecular weight is 415 g/mol. The van der Waals surface area contributed by atoms with Crippen molar-refractivity contribution in [3.63, 3.8) is 0 Å². The molecule has 0 fully saturated rings. The van der Waals surface area contributed by atoms with E-state index < -0.39 is 5.97 Å². The number of urea groups is 1. The summed E-state index contributed by atoms with van der Waals surface area (Å²) in [4.78, 5) is 25.4. The molecule has 0 aliphatic carbocycles. The summed E-state index contributed by atoms with van der Waals surface area (Å²) in [5.41, 5.74) is 5.82. The molecule has 0 radical (unpaired) electrons. The first-order valence-corrected chi connectivity index (χ1v) is 10.1. The molecular weight excluding hydrogens is 388 g/mol. The van der Waals surface area contributed by atoms with Gasteiger partial charge >= 0.3 is 12.0 Å². The first-order valence-electron chi connectivity index (χ1n) is 10.1. The van der Waals surface area contributed by atoms with Gasteiger partial charge in [0.25, 0.3) is 0 Å². The second kappa shape index (κ2) is 9.76. The number of carboxylic acid groups (broad SMARTS) is 1. The third kappa shape index (κ3) is 5.60. The number of anilines is 2. The Morgan fingerprint density at radius 2 is 1.65 bits per heavy atom. The predicted molar refractivity (Wildman–Crippen MR) is 126 cm³/mol. The lowest BCUT2D eigenvalue weighted by atomic mass is 10.0. The van der Waals surface area contributed by atoms with Crippen molar-refractivity contribution in [2.75, 3.05) is 17.3 Å². The molecule has 0 saturated heterocycles. The van der Waals surface area contributed by atoms with Crippen LogP contribution < -0.4 is 10.2 Å². The molecule has 31 heavy (non-hydrogen) atoms. The van der Waals surface area contributed by atoms with Crippen molar-refractivity contribution in [2.45, 2.75) is 20.3 Å². The fourth-order valence-electron chi connectivity index (χ4n) is 3.14. The van der Waals surface area contributed by atoms with Gasteiger partial charge in [-0.05, 0) is 60.4 Å². The van der Waals surface area contributed by atoms with Crippen molar-refractivity contribution in [1.82, 2.24) is 0 Å². The van der Waals surface area contributed by atoms with E-state index in [0.717, 1.165) is 33.6 Å². The molecule has 3 aromatic carbocycles. The molecule has 0 bridgehead atoms. The topological polar surface area (TPSA) is 69.6 Å². The zero-order valence-electron chi connectivity index (χ0n) is 17.9. The van der Waals surface area contributed by atoms with Gasteiger partial charge in [-0.1, -0.05) is 61.0 Å². The number of nitrogens with zero attached hydrogens (tertiary/aromatic N) is 1. The van der Waals surface area contributed by atoms with E-state index >= 15 is 0 Å². The number of hydrogen-bond acceptors (Lipinski definition) is 2. The lowest BCUT2D eigenvalue weighted by Gasteiger charge is -2.19. The number of carbonyl (C=O) groups excluding carboxylic acids is 1. The van der Waals surface area contributed by atoms with E-state index in [-0.39, 0.29) is 6.03 Å². The zero-order chi connectivity index (χ0) is 22.4. The number of aryl methyl sites for hydroxylation is 1. The van der Waals surface area contributed by atoms with Crippen LogP contribution >= 0.6 is 0 Å². The van der Waals surface area contributed by atoms with Gasteiger partial charge in [0.2, 0.25) is 0 Å². The van der Waals surface area contributed by atoms with Gasteiger partial charge in [0.05, 0.1) is 0 Å². The van der Waals surface area contributed by atoms with Gasteiger partial charge in [-0.25, -0.2) is 9.59 Å². The number of hydrogen-bond donors (Lipinski definition) is 2. The molecule has 0 aromatic heterocycles. The van der Waals surface area contributed by atoms with E-state index in [0.29, 0.717) is 12.0 Å². The third-order valence-corrected chi connectivity index (χ3v) is 5.08. The molecular formula is C26H26N2O3. The maximum atomic E-state index is 12.6. The second-order valence-electron chi connectivity index (χ2n) is 7.36. The van der Waals surface area contributed by atoms with Crippen LogP contribution in [-0.2, 0) is 4.79 Å². The van der Waals surface area contributed by atoms with E-state index in [2.05, 4.69) is 5.32 Å². The molecule has 3 rings (SSSR count). The van der Waals surface area contributed by atoms with Crippen molar-refractivity contribution in [2.24, 2.45) is 0 Å². The summed E-state index contributed by atoms with van der Waals surface area (Å²) in [6.45, 7) is 3.83. The van der Waals surface area contributed by atoms with Crippen LogP contribution in [0.1, 0.15) is 24.5 Å². The fourth-order valence-corrected chi connectivity index (χ4v) is 3.14. The van der Waals surface area contributed by atoms with E-state index in [4.69, 9.17) is 0 Å². The number of benzene rings is 3. The number of rotatable bonds is 6. The summed E-state index contributed by atoms with van der Waals surface area (Å²) in [6, 6.07) is 22.9. The van der Waals surface area contributed by atoms with Crippen LogP contribution in [0.4, 0.5) is 16.2 Å². The fraction of sp³-hybridized carbons (Fsp3) is 0.154. The highest BCUT2D eigenvalue weighted by molar-refractivity contribution is 6.01. The van der Waals surface area contributed by atoms with Crippen molar-refractivity contribution in [3.05, 3.63) is 89.5 Å². The van der Waals surface area contributed by atoms with Crippen molar-refractivity contribution >= 4 is 29.5 Å². The molecule has 0 saturated carbocycles. The summed E-state index contributed by atoms with van der Waals surface area (Å²) in [5.74, 6) is -0.897. The van der Waals surface area contributed by atoms with Crippen LogP contribution in [0.15, 0.2) is 78.4 Å². The van der Waals surface area contributed by atoms with Gasteiger partial charge in [0.1, 0.15) is 0 Å². The van der Waals surface area contributed by atoms with Crippen LogP contribution in [0.25, 0.3) is 17.2 Å². The Hall–Kier alpha value is -3.86. The number of carbonyl (C=O) groups is 2. The first kappa shape index (κ1) is 21.8. The smallest absolute Gasteiger partial charge is 0.331 e. The molecule has 158 valence electrons. The van der Waals surface area contributed by atoms with E-state index in [9.17, 15) is 14.7 Å². The van der Waals surface area contributed by atoms with Gasteiger partial charge in [-0.15, -0.1) is 0 Å². The minimum absolute atomic E-state index is 0.220. The summed E-state index contributed by atoms with van der Waals surface area (Å²) >= 11 is 0. The zero-order valence-corrected chi connectivity index (χ0v) is 17.9. The molecule has 3 aromatic rings. The Bertz CT molecular complexity index is 1100. The van der Waals surface area contributed by atoms with Crippen LogP contribution in [0.5, 0.6) is 0 Å². The Morgan fingerprint density at radius 1 is 0.968 bits per heavy atom. The highest BCUT2D eigenvalue weighted by Gasteiger charge is 2.12. The molecule has 0 heterocycles. The molecule has 5 nitrogen and oxygen atoms in total. The molecule has 0 atom stereocenters. The Labute approximate surface area is 182 Å². The number of amides is 2. The van der Waals surface area contributed by atoms with Gasteiger partial charge < -0.3 is 10.4 Å². The number of nitrogens with one attached hydrogen (secondary N) is 1. The normalized spacial score (nSPS) is 11.1. The number of aliphatic carboxylic acids is 1. The summed E-state index contributed by atoms with van der Waals surface area (Å²) in [7, 11) is 1.73. The average Bonchev–Trinajstić information content (AvgIpc) is 2.78. The predicted octanol–water partition coefficient (Wildman–Crippen LogP) is 6.21. The van der Waals surface area contributed by atoms with Gasteiger partial charge in [0, 0.05) is 24.0 Å². The SMILES string of the molecule is CC/C(=C/c1ccc(-c2cccc(N(C)C(=O)Nc3ccc(C)cc3)c2)cc1)C(=O)O. The monoisotopic (exact) mass is 414 g/mol. The molecule has 0 spiro atoms. The number of carboxylic acids is 1. The van der Waals surface area contributed by atoms with Gasteiger partial charge in [-0.2, -0.15) is 0 Å². The van der Waals surface area contributed by atoms with Crippen LogP contribution in [0.3, 0.4) is 0 Å². The van der Waals surface area contributed by atoms with Crippen LogP contribution in [0.2, 0.25) is 0 Å². The molecule has 0 unspecified atom stereocenters. The Balaban J connectivity index is 1.77. The Kier molecular flexibility index (Phi) is 6.88. The van der Waals surface area contributed by atoms with Crippen molar-refractivity contribution in [3.8, 4) is 11.1 Å². The van der Waals surface area contributed by atoms with Crippen molar-refractivity contribution in [1.29, 1.82) is 0 Å². The lowest BCUT2D eigenvalue weighted by Crippen LogP contribution is -2.31. The van der Waals surface area contributed by atoms with E-state index in [1.54, 1.807) is 18.0 Å². The highest BCUT2D eigenvalue weighted by Crippen LogP contribution is 2.26. The standard InChI is InChI=1S/C26H26N2O3/c1-4-20(25(29)30)16-19-10-12-21(13-11-19)22-6-5-7-24(17-22)28(3)26(31)27-23-14-8-18(2)9-15-23/h5-17H,4H2,1-3H3,(H,27,31)(H,29,30)/b20-16-. The molecule has 2 N–H and O–H groups in total. The van der Waals surface area contributed by atoms with Gasteiger partial charge in [0.15, 0.2) is 0 Å². The largest absolute Gasteiger partial charge is 0.478 e. The quantitative estimate of drug-likeness (QED) is 0.471. The minimum atomic E-state index is -0.897.